The molecule has 0 atom stereocenters. The lowest BCUT2D eigenvalue weighted by molar-refractivity contribution is -0.111. The maximum Gasteiger partial charge on any atom is 0.338 e. The summed E-state index contributed by atoms with van der Waals surface area (Å²) in [5, 5.41) is 2.75. The molecule has 0 saturated carbocycles. The van der Waals surface area contributed by atoms with Crippen molar-refractivity contribution in [1.29, 1.82) is 0 Å². The van der Waals surface area contributed by atoms with Gasteiger partial charge >= 0.3 is 5.97 Å². The lowest BCUT2D eigenvalue weighted by atomic mass is 10.1. The minimum Gasteiger partial charge on any atom is -0.497 e. The number of ether oxygens (including phenoxy) is 3. The molecule has 1 N–H and O–H groups in total. The van der Waals surface area contributed by atoms with E-state index >= 15 is 0 Å². The molecule has 0 unspecified atom stereocenters. The Labute approximate surface area is 165 Å². The predicted octanol–water partition coefficient (Wildman–Crippen LogP) is 4.17. The first-order valence-corrected chi connectivity index (χ1v) is 8.91. The summed E-state index contributed by atoms with van der Waals surface area (Å²) in [5.74, 6) is 0.878. The number of anilines is 1. The molecule has 0 saturated heterocycles. The summed E-state index contributed by atoms with van der Waals surface area (Å²) >= 11 is 0. The van der Waals surface area contributed by atoms with Gasteiger partial charge in [0.25, 0.3) is 0 Å². The zero-order chi connectivity index (χ0) is 20.5. The van der Waals surface area contributed by atoms with Crippen molar-refractivity contribution < 1.29 is 23.8 Å². The molecule has 2 rings (SSSR count). The van der Waals surface area contributed by atoms with Crippen LogP contribution in [0.3, 0.4) is 0 Å². The van der Waals surface area contributed by atoms with Crippen molar-refractivity contribution in [2.24, 2.45) is 5.92 Å². The molecular weight excluding hydrogens is 358 g/mol. The highest BCUT2D eigenvalue weighted by molar-refractivity contribution is 6.02. The Morgan fingerprint density at radius 1 is 1.04 bits per heavy atom. The van der Waals surface area contributed by atoms with Crippen LogP contribution in [0.15, 0.2) is 48.5 Å². The summed E-state index contributed by atoms with van der Waals surface area (Å²) in [6, 6.07) is 11.9. The van der Waals surface area contributed by atoms with Crippen molar-refractivity contribution in [2.75, 3.05) is 26.1 Å². The molecular formula is C22H25NO5. The number of methoxy groups -OCH3 is 2. The van der Waals surface area contributed by atoms with Gasteiger partial charge in [-0.05, 0) is 48.4 Å². The summed E-state index contributed by atoms with van der Waals surface area (Å²) in [5.41, 5.74) is 1.77. The molecule has 6 nitrogen and oxygen atoms in total. The standard InChI is InChI=1S/C22H25NO5/c1-15(2)14-28-22(25)17-5-9-18(10-6-17)23-21(24)12-8-16-7-11-19(26-3)13-20(16)27-4/h5-13,15H,14H2,1-4H3,(H,23,24). The molecule has 6 heteroatoms. The third-order valence-electron chi connectivity index (χ3n) is 3.79. The van der Waals surface area contributed by atoms with E-state index in [2.05, 4.69) is 5.32 Å². The van der Waals surface area contributed by atoms with Crippen molar-refractivity contribution in [3.63, 3.8) is 0 Å². The van der Waals surface area contributed by atoms with E-state index in [1.54, 1.807) is 62.8 Å². The molecule has 0 fully saturated rings. The second kappa shape index (κ2) is 10.2. The number of esters is 1. The Morgan fingerprint density at radius 3 is 2.36 bits per heavy atom. The highest BCUT2D eigenvalue weighted by Crippen LogP contribution is 2.25. The fourth-order valence-corrected chi connectivity index (χ4v) is 2.32. The van der Waals surface area contributed by atoms with Gasteiger partial charge in [0.05, 0.1) is 26.4 Å². The van der Waals surface area contributed by atoms with Gasteiger partial charge in [0.1, 0.15) is 11.5 Å². The smallest absolute Gasteiger partial charge is 0.338 e. The average molecular weight is 383 g/mol. The Balaban J connectivity index is 1.97. The molecule has 0 radical (unpaired) electrons. The third-order valence-corrected chi connectivity index (χ3v) is 3.79. The molecule has 2 aromatic rings. The molecule has 2 aromatic carbocycles. The maximum absolute atomic E-state index is 12.1. The average Bonchev–Trinajstić information content (AvgIpc) is 2.70. The van der Waals surface area contributed by atoms with E-state index in [9.17, 15) is 9.59 Å². The number of carbonyl (C=O) groups excluding carboxylic acids is 2. The van der Waals surface area contributed by atoms with Gasteiger partial charge in [0.15, 0.2) is 0 Å². The first kappa shape index (κ1) is 21.0. The minimum atomic E-state index is -0.377. The molecule has 1 amide bonds. The van der Waals surface area contributed by atoms with Crippen LogP contribution in [0.1, 0.15) is 29.8 Å². The second-order valence-corrected chi connectivity index (χ2v) is 6.50. The van der Waals surface area contributed by atoms with Gasteiger partial charge in [-0.2, -0.15) is 0 Å². The zero-order valence-electron chi connectivity index (χ0n) is 16.5. The van der Waals surface area contributed by atoms with Crippen molar-refractivity contribution in [3.8, 4) is 11.5 Å². The topological polar surface area (TPSA) is 73.9 Å². The van der Waals surface area contributed by atoms with E-state index in [1.165, 1.54) is 6.08 Å². The summed E-state index contributed by atoms with van der Waals surface area (Å²) in [4.78, 5) is 24.1. The number of amides is 1. The molecule has 0 aliphatic rings. The molecule has 0 aromatic heterocycles. The number of carbonyl (C=O) groups is 2. The Morgan fingerprint density at radius 2 is 1.75 bits per heavy atom. The number of rotatable bonds is 8. The van der Waals surface area contributed by atoms with Crippen LogP contribution >= 0.6 is 0 Å². The Hall–Kier alpha value is -3.28. The van der Waals surface area contributed by atoms with E-state index < -0.39 is 0 Å². The second-order valence-electron chi connectivity index (χ2n) is 6.50. The Bertz CT molecular complexity index is 841. The van der Waals surface area contributed by atoms with Gasteiger partial charge in [-0.1, -0.05) is 13.8 Å². The van der Waals surface area contributed by atoms with Crippen LogP contribution in [-0.4, -0.2) is 32.7 Å². The number of benzene rings is 2. The van der Waals surface area contributed by atoms with Crippen LogP contribution < -0.4 is 14.8 Å². The van der Waals surface area contributed by atoms with E-state index in [1.807, 2.05) is 13.8 Å². The van der Waals surface area contributed by atoms with E-state index in [0.29, 0.717) is 29.4 Å². The van der Waals surface area contributed by atoms with Crippen molar-refractivity contribution in [3.05, 3.63) is 59.7 Å². The lowest BCUT2D eigenvalue weighted by Gasteiger charge is -2.08. The van der Waals surface area contributed by atoms with E-state index in [-0.39, 0.29) is 17.8 Å². The normalized spacial score (nSPS) is 10.8. The fraction of sp³-hybridized carbons (Fsp3) is 0.273. The molecule has 28 heavy (non-hydrogen) atoms. The van der Waals surface area contributed by atoms with Gasteiger partial charge in [-0.25, -0.2) is 4.79 Å². The monoisotopic (exact) mass is 383 g/mol. The predicted molar refractivity (Wildman–Crippen MR) is 109 cm³/mol. The van der Waals surface area contributed by atoms with Crippen molar-refractivity contribution in [1.82, 2.24) is 0 Å². The number of hydrogen-bond acceptors (Lipinski definition) is 5. The van der Waals surface area contributed by atoms with Crippen molar-refractivity contribution in [2.45, 2.75) is 13.8 Å². The SMILES string of the molecule is COc1ccc(C=CC(=O)Nc2ccc(C(=O)OCC(C)C)cc2)c(OC)c1. The van der Waals surface area contributed by atoms with Gasteiger partial charge in [0.2, 0.25) is 5.91 Å². The van der Waals surface area contributed by atoms with Gasteiger partial charge in [0, 0.05) is 23.4 Å². The molecule has 148 valence electrons. The molecule has 0 spiro atoms. The van der Waals surface area contributed by atoms with E-state index in [0.717, 1.165) is 5.56 Å². The molecule has 0 heterocycles. The van der Waals surface area contributed by atoms with Crippen LogP contribution in [0.25, 0.3) is 6.08 Å². The maximum atomic E-state index is 12.1. The van der Waals surface area contributed by atoms with Crippen LogP contribution in [0.4, 0.5) is 5.69 Å². The van der Waals surface area contributed by atoms with Gasteiger partial charge < -0.3 is 19.5 Å². The largest absolute Gasteiger partial charge is 0.497 e. The quantitative estimate of drug-likeness (QED) is 0.547. The van der Waals surface area contributed by atoms with Gasteiger partial charge in [-0.3, -0.25) is 4.79 Å². The highest BCUT2D eigenvalue weighted by Gasteiger charge is 2.08. The van der Waals surface area contributed by atoms with Crippen molar-refractivity contribution >= 4 is 23.6 Å². The van der Waals surface area contributed by atoms with Crippen LogP contribution in [-0.2, 0) is 9.53 Å². The third kappa shape index (κ3) is 6.16. The fourth-order valence-electron chi connectivity index (χ4n) is 2.32. The minimum absolute atomic E-state index is 0.277. The molecule has 0 aliphatic carbocycles. The zero-order valence-corrected chi connectivity index (χ0v) is 16.5. The summed E-state index contributed by atoms with van der Waals surface area (Å²) < 4.78 is 15.6. The van der Waals surface area contributed by atoms with Crippen LogP contribution in [0.5, 0.6) is 11.5 Å². The highest BCUT2D eigenvalue weighted by atomic mass is 16.5. The molecule has 0 bridgehead atoms. The summed E-state index contributed by atoms with van der Waals surface area (Å²) in [7, 11) is 3.13. The summed E-state index contributed by atoms with van der Waals surface area (Å²) in [6.45, 7) is 4.32. The molecule has 0 aliphatic heterocycles. The van der Waals surface area contributed by atoms with Crippen LogP contribution in [0.2, 0.25) is 0 Å². The Kier molecular flexibility index (Phi) is 7.63. The first-order chi connectivity index (χ1) is 13.4. The van der Waals surface area contributed by atoms with Crippen LogP contribution in [0, 0.1) is 5.92 Å². The van der Waals surface area contributed by atoms with Gasteiger partial charge in [-0.15, -0.1) is 0 Å². The first-order valence-electron chi connectivity index (χ1n) is 8.91. The number of hydrogen-bond donors (Lipinski definition) is 1. The van der Waals surface area contributed by atoms with E-state index in [4.69, 9.17) is 14.2 Å². The summed E-state index contributed by atoms with van der Waals surface area (Å²) in [6.07, 6.45) is 3.07. The number of nitrogens with one attached hydrogen (secondary N) is 1. The lowest BCUT2D eigenvalue weighted by Crippen LogP contribution is -2.11.